The Balaban J connectivity index is 1.93. The van der Waals surface area contributed by atoms with E-state index in [1.807, 2.05) is 42.5 Å². The van der Waals surface area contributed by atoms with E-state index in [0.717, 1.165) is 28.0 Å². The Hall–Kier alpha value is -3.41. The van der Waals surface area contributed by atoms with Crippen LogP contribution in [0.15, 0.2) is 48.7 Å². The number of H-pyrrole nitrogens is 1. The molecule has 144 valence electrons. The van der Waals surface area contributed by atoms with Gasteiger partial charge in [0.15, 0.2) is 0 Å². The smallest absolute Gasteiger partial charge is 0.146 e. The Morgan fingerprint density at radius 2 is 1.89 bits per heavy atom. The second-order valence-electron chi connectivity index (χ2n) is 7.88. The monoisotopic (exact) mass is 376 g/mol. The summed E-state index contributed by atoms with van der Waals surface area (Å²) in [5.41, 5.74) is 10.5. The number of methoxy groups -OCH3 is 1. The zero-order valence-corrected chi connectivity index (χ0v) is 16.4. The number of nitrogen functional groups attached to an aromatic ring is 1. The third-order valence-corrected chi connectivity index (χ3v) is 4.92. The summed E-state index contributed by atoms with van der Waals surface area (Å²) in [6.45, 7) is 6.41. The van der Waals surface area contributed by atoms with Crippen LogP contribution in [0.5, 0.6) is 11.5 Å². The zero-order valence-electron chi connectivity index (χ0n) is 16.4. The number of rotatable bonds is 3. The van der Waals surface area contributed by atoms with Gasteiger partial charge in [-0.2, -0.15) is 0 Å². The van der Waals surface area contributed by atoms with Gasteiger partial charge in [-0.15, -0.1) is 0 Å². The number of nitrogens with zero attached hydrogens (tertiary/aromatic N) is 2. The molecule has 6 heteroatoms. The number of benzene rings is 2. The van der Waals surface area contributed by atoms with E-state index < -0.39 is 0 Å². The molecule has 0 unspecified atom stereocenters. The molecule has 0 fully saturated rings. The molecule has 0 aliphatic heterocycles. The third kappa shape index (κ3) is 2.87. The molecule has 0 amide bonds. The van der Waals surface area contributed by atoms with Crippen LogP contribution in [-0.4, -0.2) is 26.8 Å². The normalized spacial score (nSPS) is 11.9. The number of ether oxygens (including phenoxy) is 1. The quantitative estimate of drug-likeness (QED) is 0.487. The molecular weight excluding hydrogens is 352 g/mol. The van der Waals surface area contributed by atoms with E-state index in [0.29, 0.717) is 17.2 Å². The van der Waals surface area contributed by atoms with E-state index in [9.17, 15) is 5.11 Å². The summed E-state index contributed by atoms with van der Waals surface area (Å²) >= 11 is 0. The van der Waals surface area contributed by atoms with Gasteiger partial charge in [0.2, 0.25) is 0 Å². The number of aromatic amines is 1. The minimum atomic E-state index is -0.118. The summed E-state index contributed by atoms with van der Waals surface area (Å²) in [5, 5.41) is 10.7. The van der Waals surface area contributed by atoms with Crippen LogP contribution in [0.25, 0.3) is 28.1 Å². The third-order valence-electron chi connectivity index (χ3n) is 4.92. The number of anilines is 1. The predicted molar refractivity (Wildman–Crippen MR) is 112 cm³/mol. The average molecular weight is 376 g/mol. The van der Waals surface area contributed by atoms with Crippen molar-refractivity contribution in [3.63, 3.8) is 0 Å². The SMILES string of the molecule is COc1ccc(C(C)(C)C)c(-n2cc(O)c(-c3nc4ccccc4[nH]3)c2N)c1. The maximum absolute atomic E-state index is 10.7. The van der Waals surface area contributed by atoms with Crippen molar-refractivity contribution >= 4 is 16.9 Å². The van der Waals surface area contributed by atoms with Gasteiger partial charge >= 0.3 is 0 Å². The first-order chi connectivity index (χ1) is 13.3. The number of nitrogens with one attached hydrogen (secondary N) is 1. The van der Waals surface area contributed by atoms with Crippen LogP contribution < -0.4 is 10.5 Å². The maximum Gasteiger partial charge on any atom is 0.146 e. The fraction of sp³-hybridized carbons (Fsp3) is 0.227. The second kappa shape index (κ2) is 6.34. The van der Waals surface area contributed by atoms with E-state index in [-0.39, 0.29) is 11.2 Å². The van der Waals surface area contributed by atoms with Gasteiger partial charge in [0.1, 0.15) is 28.7 Å². The number of hydrogen-bond acceptors (Lipinski definition) is 4. The highest BCUT2D eigenvalue weighted by molar-refractivity contribution is 5.85. The number of nitrogens with two attached hydrogens (primary N) is 1. The summed E-state index contributed by atoms with van der Waals surface area (Å²) in [6, 6.07) is 13.6. The molecule has 4 aromatic rings. The first-order valence-corrected chi connectivity index (χ1v) is 9.13. The standard InChI is InChI=1S/C22H24N4O2/c1-22(2,3)14-10-9-13(28-4)11-17(14)26-12-18(27)19(20(26)23)21-24-15-7-5-6-8-16(15)25-21/h5-12,27H,23H2,1-4H3,(H,24,25). The Labute approximate surface area is 163 Å². The van der Waals surface area contributed by atoms with Gasteiger partial charge in [0.05, 0.1) is 30.0 Å². The lowest BCUT2D eigenvalue weighted by Gasteiger charge is -2.24. The predicted octanol–water partition coefficient (Wildman–Crippen LogP) is 4.61. The number of imidazole rings is 1. The van der Waals surface area contributed by atoms with Gasteiger partial charge in [-0.25, -0.2) is 4.98 Å². The molecule has 2 aromatic heterocycles. The Bertz CT molecular complexity index is 1130. The molecule has 0 bridgehead atoms. The Morgan fingerprint density at radius 1 is 1.14 bits per heavy atom. The molecule has 0 aliphatic carbocycles. The largest absolute Gasteiger partial charge is 0.505 e. The molecule has 0 saturated heterocycles. The van der Waals surface area contributed by atoms with Crippen molar-refractivity contribution in [3.8, 4) is 28.6 Å². The van der Waals surface area contributed by atoms with Crippen molar-refractivity contribution in [2.45, 2.75) is 26.2 Å². The molecule has 4 rings (SSSR count). The lowest BCUT2D eigenvalue weighted by Crippen LogP contribution is -2.16. The number of fused-ring (bicyclic) bond motifs is 1. The fourth-order valence-electron chi connectivity index (χ4n) is 3.49. The molecule has 2 aromatic carbocycles. The van der Waals surface area contributed by atoms with Crippen molar-refractivity contribution in [2.24, 2.45) is 0 Å². The number of aromatic nitrogens is 3. The molecule has 0 atom stereocenters. The average Bonchev–Trinajstić information content (AvgIpc) is 3.20. The summed E-state index contributed by atoms with van der Waals surface area (Å²) < 4.78 is 7.20. The van der Waals surface area contributed by atoms with E-state index >= 15 is 0 Å². The van der Waals surface area contributed by atoms with Crippen LogP contribution in [-0.2, 0) is 5.41 Å². The van der Waals surface area contributed by atoms with Crippen molar-refractivity contribution in [1.82, 2.24) is 14.5 Å². The molecule has 4 N–H and O–H groups in total. The Morgan fingerprint density at radius 3 is 2.57 bits per heavy atom. The van der Waals surface area contributed by atoms with Crippen molar-refractivity contribution in [1.29, 1.82) is 0 Å². The lowest BCUT2D eigenvalue weighted by atomic mass is 9.85. The van der Waals surface area contributed by atoms with Crippen LogP contribution >= 0.6 is 0 Å². The maximum atomic E-state index is 10.7. The van der Waals surface area contributed by atoms with Crippen LogP contribution in [0, 0.1) is 0 Å². The number of para-hydroxylation sites is 2. The van der Waals surface area contributed by atoms with Crippen LogP contribution in [0.4, 0.5) is 5.82 Å². The molecule has 0 saturated carbocycles. The van der Waals surface area contributed by atoms with Crippen LogP contribution in [0.3, 0.4) is 0 Å². The molecule has 28 heavy (non-hydrogen) atoms. The van der Waals surface area contributed by atoms with Gasteiger partial charge < -0.3 is 20.6 Å². The highest BCUT2D eigenvalue weighted by Crippen LogP contribution is 2.40. The van der Waals surface area contributed by atoms with Crippen molar-refractivity contribution < 1.29 is 9.84 Å². The fourth-order valence-corrected chi connectivity index (χ4v) is 3.49. The summed E-state index contributed by atoms with van der Waals surface area (Å²) in [5.74, 6) is 1.74. The van der Waals surface area contributed by atoms with E-state index in [4.69, 9.17) is 10.5 Å². The van der Waals surface area contributed by atoms with Crippen LogP contribution in [0.1, 0.15) is 26.3 Å². The minimum Gasteiger partial charge on any atom is -0.505 e. The first-order valence-electron chi connectivity index (χ1n) is 9.13. The molecule has 2 heterocycles. The molecule has 0 aliphatic rings. The van der Waals surface area contributed by atoms with Gasteiger partial charge in [-0.1, -0.05) is 39.0 Å². The van der Waals surface area contributed by atoms with Crippen LogP contribution in [0.2, 0.25) is 0 Å². The number of hydrogen-bond donors (Lipinski definition) is 3. The Kier molecular flexibility index (Phi) is 4.07. The summed E-state index contributed by atoms with van der Waals surface area (Å²) in [6.07, 6.45) is 1.63. The van der Waals surface area contributed by atoms with E-state index in [1.54, 1.807) is 17.9 Å². The van der Waals surface area contributed by atoms with E-state index in [1.165, 1.54) is 0 Å². The molecular formula is C22H24N4O2. The molecule has 0 radical (unpaired) electrons. The zero-order chi connectivity index (χ0) is 20.1. The van der Waals surface area contributed by atoms with Crippen molar-refractivity contribution in [3.05, 3.63) is 54.2 Å². The van der Waals surface area contributed by atoms with Gasteiger partial charge in [-0.05, 0) is 29.2 Å². The molecule has 6 nitrogen and oxygen atoms in total. The first kappa shape index (κ1) is 18.0. The van der Waals surface area contributed by atoms with Crippen molar-refractivity contribution in [2.75, 3.05) is 12.8 Å². The molecule has 0 spiro atoms. The second-order valence-corrected chi connectivity index (χ2v) is 7.88. The minimum absolute atomic E-state index is 0.0687. The lowest BCUT2D eigenvalue weighted by molar-refractivity contribution is 0.414. The topological polar surface area (TPSA) is 89.1 Å². The summed E-state index contributed by atoms with van der Waals surface area (Å²) in [7, 11) is 1.63. The van der Waals surface area contributed by atoms with Gasteiger partial charge in [0, 0.05) is 6.07 Å². The highest BCUT2D eigenvalue weighted by atomic mass is 16.5. The van der Waals surface area contributed by atoms with Gasteiger partial charge in [-0.3, -0.25) is 4.57 Å². The summed E-state index contributed by atoms with van der Waals surface area (Å²) in [4.78, 5) is 7.82. The highest BCUT2D eigenvalue weighted by Gasteiger charge is 2.24. The number of aromatic hydroxyl groups is 1. The van der Waals surface area contributed by atoms with Gasteiger partial charge in [0.25, 0.3) is 0 Å². The van der Waals surface area contributed by atoms with E-state index in [2.05, 4.69) is 30.7 Å².